The Bertz CT molecular complexity index is 1740. The first-order valence-electron chi connectivity index (χ1n) is 14.7. The lowest BCUT2D eigenvalue weighted by atomic mass is 10.2. The molecule has 0 spiro atoms. The molecule has 0 fully saturated rings. The normalized spacial score (nSPS) is 20.8. The zero-order chi connectivity index (χ0) is 34.0. The van der Waals surface area contributed by atoms with Crippen molar-refractivity contribution in [3.05, 3.63) is 73.6 Å². The SMILES string of the molecule is CCN1C(=CC=CC2N(CCCCS(=O)(=O)O)c3cc(Cl)c(Cl)cc3[N+]2([O-])CC)N(CCCCS(=O)(=O)O)c2cc(Cl)c(Cl)cc21. The Hall–Kier alpha value is -1.78. The van der Waals surface area contributed by atoms with Crippen molar-refractivity contribution in [1.29, 1.82) is 0 Å². The van der Waals surface area contributed by atoms with Gasteiger partial charge in [0.1, 0.15) is 11.5 Å². The Kier molecular flexibility index (Phi) is 11.9. The molecule has 4 rings (SSSR count). The summed E-state index contributed by atoms with van der Waals surface area (Å²) in [4.78, 5) is 5.89. The fraction of sp³-hybridized carbons (Fsp3) is 0.448. The van der Waals surface area contributed by atoms with Gasteiger partial charge in [-0.3, -0.25) is 9.11 Å². The average Bonchev–Trinajstić information content (AvgIpc) is 3.36. The average molecular weight is 759 g/mol. The topological polar surface area (TPSA) is 142 Å². The van der Waals surface area contributed by atoms with E-state index in [1.807, 2.05) is 27.7 Å². The molecule has 0 saturated carbocycles. The first kappa shape index (κ1) is 37.0. The lowest BCUT2D eigenvalue weighted by Gasteiger charge is -2.43. The molecule has 2 aliphatic rings. The highest BCUT2D eigenvalue weighted by Crippen LogP contribution is 2.49. The molecule has 2 heterocycles. The van der Waals surface area contributed by atoms with Crippen LogP contribution >= 0.6 is 46.4 Å². The highest BCUT2D eigenvalue weighted by molar-refractivity contribution is 7.86. The van der Waals surface area contributed by atoms with Gasteiger partial charge < -0.3 is 24.6 Å². The van der Waals surface area contributed by atoms with Gasteiger partial charge in [0, 0.05) is 25.7 Å². The highest BCUT2D eigenvalue weighted by Gasteiger charge is 2.44. The van der Waals surface area contributed by atoms with Gasteiger partial charge in [-0.1, -0.05) is 52.5 Å². The maximum atomic E-state index is 14.5. The summed E-state index contributed by atoms with van der Waals surface area (Å²) in [5.74, 6) is -0.00258. The van der Waals surface area contributed by atoms with E-state index in [4.69, 9.17) is 46.4 Å². The van der Waals surface area contributed by atoms with Gasteiger partial charge in [-0.25, -0.2) is 0 Å². The Labute approximate surface area is 290 Å². The van der Waals surface area contributed by atoms with Crippen molar-refractivity contribution >= 4 is 89.4 Å². The molecule has 17 heteroatoms. The zero-order valence-corrected chi connectivity index (χ0v) is 29.9. The molecular formula is C29H36Cl4N4O7S2. The zero-order valence-electron chi connectivity index (χ0n) is 25.2. The van der Waals surface area contributed by atoms with Crippen LogP contribution in [0.5, 0.6) is 0 Å². The molecule has 0 aliphatic carbocycles. The fourth-order valence-corrected chi connectivity index (χ4v) is 7.65. The molecule has 46 heavy (non-hydrogen) atoms. The quantitative estimate of drug-likeness (QED) is 0.0870. The molecule has 2 aromatic carbocycles. The number of nitrogens with zero attached hydrogens (tertiary/aromatic N) is 4. The summed E-state index contributed by atoms with van der Waals surface area (Å²) in [6.45, 7) is 5.21. The van der Waals surface area contributed by atoms with Crippen LogP contribution in [0.25, 0.3) is 0 Å². The van der Waals surface area contributed by atoms with Crippen molar-refractivity contribution in [2.45, 2.75) is 45.7 Å². The number of rotatable bonds is 14. The predicted molar refractivity (Wildman–Crippen MR) is 189 cm³/mol. The fourth-order valence-electron chi connectivity index (χ4n) is 5.88. The molecule has 2 unspecified atom stereocenters. The van der Waals surface area contributed by atoms with E-state index in [1.165, 1.54) is 0 Å². The molecule has 0 radical (unpaired) electrons. The minimum absolute atomic E-state index is 0.168. The third-order valence-corrected chi connectivity index (χ3v) is 11.1. The molecule has 254 valence electrons. The summed E-state index contributed by atoms with van der Waals surface area (Å²) in [6, 6.07) is 6.73. The molecule has 2 N–H and O–H groups in total. The Morgan fingerprint density at radius 2 is 1.28 bits per heavy atom. The second-order valence-electron chi connectivity index (χ2n) is 11.0. The lowest BCUT2D eigenvalue weighted by Crippen LogP contribution is -2.54. The minimum atomic E-state index is -4.13. The van der Waals surface area contributed by atoms with E-state index in [0.717, 1.165) is 17.2 Å². The molecule has 2 aliphatic heterocycles. The second kappa shape index (κ2) is 14.8. The van der Waals surface area contributed by atoms with Crippen LogP contribution in [0, 0.1) is 5.21 Å². The molecule has 2 aromatic rings. The van der Waals surface area contributed by atoms with Crippen LogP contribution in [0.1, 0.15) is 39.5 Å². The largest absolute Gasteiger partial charge is 0.626 e. The number of benzene rings is 2. The molecule has 0 aromatic heterocycles. The standard InChI is InChI=1S/C29H36Cl4N4O7S2/c1-3-34-24-16-20(30)21(31)17-25(24)35(12-5-7-14-45(39,40)41)28(34)10-9-11-29-36(13-6-8-15-46(42,43)44)26-18-22(32)23(33)19-27(26)37(29,38)4-2/h9-11,16-19,29H,3-8,12-15H2,1-2H3,(H,39,40,41)(H,42,43,44). The number of hydroxylamine groups is 2. The van der Waals surface area contributed by atoms with Crippen LogP contribution < -0.4 is 19.3 Å². The number of likely N-dealkylation sites (N-methyl/N-ethyl adjacent to an activating group) is 1. The van der Waals surface area contributed by atoms with Crippen molar-refractivity contribution in [1.82, 2.24) is 4.65 Å². The van der Waals surface area contributed by atoms with Crippen LogP contribution in [0.15, 0.2) is 48.3 Å². The monoisotopic (exact) mass is 756 g/mol. The van der Waals surface area contributed by atoms with Crippen molar-refractivity contribution < 1.29 is 25.9 Å². The summed E-state index contributed by atoms with van der Waals surface area (Å²) in [6.07, 6.45) is 5.93. The van der Waals surface area contributed by atoms with E-state index in [2.05, 4.69) is 0 Å². The molecule has 0 saturated heterocycles. The lowest BCUT2D eigenvalue weighted by molar-refractivity contribution is 0.345. The number of hydrogen-bond acceptors (Lipinski definition) is 8. The maximum absolute atomic E-state index is 14.5. The smallest absolute Gasteiger partial charge is 0.264 e. The first-order valence-corrected chi connectivity index (χ1v) is 19.4. The maximum Gasteiger partial charge on any atom is 0.264 e. The number of quaternary nitrogens is 1. The second-order valence-corrected chi connectivity index (χ2v) is 15.8. The van der Waals surface area contributed by atoms with Gasteiger partial charge in [0.05, 0.1) is 49.5 Å². The Morgan fingerprint density at radius 1 is 0.783 bits per heavy atom. The third kappa shape index (κ3) is 8.25. The van der Waals surface area contributed by atoms with Crippen LogP contribution in [-0.2, 0) is 20.2 Å². The van der Waals surface area contributed by atoms with Gasteiger partial charge in [-0.2, -0.15) is 16.8 Å². The highest BCUT2D eigenvalue weighted by atomic mass is 35.5. The molecule has 0 amide bonds. The number of allylic oxidation sites excluding steroid dienone is 2. The van der Waals surface area contributed by atoms with Crippen LogP contribution in [0.2, 0.25) is 20.1 Å². The van der Waals surface area contributed by atoms with Crippen LogP contribution in [-0.4, -0.2) is 69.8 Å². The van der Waals surface area contributed by atoms with Crippen molar-refractivity contribution in [3.63, 3.8) is 0 Å². The summed E-state index contributed by atoms with van der Waals surface area (Å²) in [7, 11) is -8.22. The van der Waals surface area contributed by atoms with Crippen molar-refractivity contribution in [2.75, 3.05) is 52.4 Å². The molecule has 2 atom stereocenters. The number of hydrogen-bond donors (Lipinski definition) is 2. The number of fused-ring (bicyclic) bond motifs is 2. The van der Waals surface area contributed by atoms with Gasteiger partial charge in [0.15, 0.2) is 11.9 Å². The number of halogens is 4. The molecule has 11 nitrogen and oxygen atoms in total. The van der Waals surface area contributed by atoms with Crippen LogP contribution in [0.3, 0.4) is 0 Å². The van der Waals surface area contributed by atoms with E-state index >= 15 is 0 Å². The third-order valence-electron chi connectivity index (χ3n) is 8.03. The van der Waals surface area contributed by atoms with Gasteiger partial charge in [0.25, 0.3) is 20.2 Å². The first-order chi connectivity index (χ1) is 21.5. The van der Waals surface area contributed by atoms with E-state index < -0.39 is 36.8 Å². The predicted octanol–water partition coefficient (Wildman–Crippen LogP) is 7.35. The minimum Gasteiger partial charge on any atom is -0.626 e. The van der Waals surface area contributed by atoms with Crippen molar-refractivity contribution in [3.8, 4) is 0 Å². The van der Waals surface area contributed by atoms with Crippen LogP contribution in [0.4, 0.5) is 22.7 Å². The van der Waals surface area contributed by atoms with E-state index in [0.29, 0.717) is 53.9 Å². The molecule has 0 bridgehead atoms. The number of unbranched alkanes of at least 4 members (excludes halogenated alkanes) is 2. The Balaban J connectivity index is 1.71. The van der Waals surface area contributed by atoms with Gasteiger partial charge >= 0.3 is 0 Å². The van der Waals surface area contributed by atoms with Gasteiger partial charge in [-0.15, -0.1) is 0 Å². The number of anilines is 3. The van der Waals surface area contributed by atoms with E-state index in [-0.39, 0.29) is 35.2 Å². The summed E-state index contributed by atoms with van der Waals surface area (Å²) < 4.78 is 62.8. The summed E-state index contributed by atoms with van der Waals surface area (Å²) in [5, 5.41) is 15.7. The van der Waals surface area contributed by atoms with E-state index in [1.54, 1.807) is 43.3 Å². The van der Waals surface area contributed by atoms with Gasteiger partial charge in [0.2, 0.25) is 0 Å². The van der Waals surface area contributed by atoms with Gasteiger partial charge in [-0.05, 0) is 69.9 Å². The Morgan fingerprint density at radius 3 is 1.80 bits per heavy atom. The molecular weight excluding hydrogens is 722 g/mol. The van der Waals surface area contributed by atoms with Crippen molar-refractivity contribution in [2.24, 2.45) is 0 Å². The summed E-state index contributed by atoms with van der Waals surface area (Å²) >= 11 is 25.4. The van der Waals surface area contributed by atoms with E-state index in [9.17, 15) is 31.1 Å². The summed E-state index contributed by atoms with van der Waals surface area (Å²) in [5.41, 5.74) is 2.62.